The zero-order valence-electron chi connectivity index (χ0n) is 23.3. The fourth-order valence-electron chi connectivity index (χ4n) is 4.35. The van der Waals surface area contributed by atoms with E-state index in [4.69, 9.17) is 14.6 Å². The molecule has 0 aliphatic carbocycles. The van der Waals surface area contributed by atoms with Gasteiger partial charge in [0.1, 0.15) is 23.9 Å². The molecule has 0 spiro atoms. The SMILES string of the molecule is CCCCN(CC(=O)Nc1c(-c2ccccc2)c(C)nn1-c1ccc(OC)cc1)C(=O)Nc1cccc(OC)c1. The molecular formula is C31H35N5O4. The number of aryl methyl sites for hydroxylation is 1. The van der Waals surface area contributed by atoms with Crippen molar-refractivity contribution < 1.29 is 19.1 Å². The number of hydrogen-bond donors (Lipinski definition) is 2. The summed E-state index contributed by atoms with van der Waals surface area (Å²) in [7, 11) is 3.18. The van der Waals surface area contributed by atoms with Crippen molar-refractivity contribution in [2.24, 2.45) is 0 Å². The molecular weight excluding hydrogens is 506 g/mol. The molecule has 9 heteroatoms. The van der Waals surface area contributed by atoms with E-state index < -0.39 is 0 Å². The molecule has 3 amide bonds. The van der Waals surface area contributed by atoms with Crippen LogP contribution >= 0.6 is 0 Å². The fraction of sp³-hybridized carbons (Fsp3) is 0.258. The number of rotatable bonds is 11. The first-order chi connectivity index (χ1) is 19.4. The smallest absolute Gasteiger partial charge is 0.322 e. The second-order valence-corrected chi connectivity index (χ2v) is 9.27. The van der Waals surface area contributed by atoms with E-state index in [2.05, 4.69) is 10.6 Å². The molecule has 1 heterocycles. The Bertz CT molecular complexity index is 1430. The number of anilines is 2. The van der Waals surface area contributed by atoms with Crippen LogP contribution < -0.4 is 20.1 Å². The predicted octanol–water partition coefficient (Wildman–Crippen LogP) is 6.14. The average molecular weight is 542 g/mol. The number of nitrogens with one attached hydrogen (secondary N) is 2. The Morgan fingerprint density at radius 2 is 1.62 bits per heavy atom. The van der Waals surface area contributed by atoms with Crippen LogP contribution in [0, 0.1) is 6.92 Å². The van der Waals surface area contributed by atoms with Crippen LogP contribution in [-0.2, 0) is 4.79 Å². The van der Waals surface area contributed by atoms with E-state index in [1.54, 1.807) is 43.2 Å². The maximum Gasteiger partial charge on any atom is 0.322 e. The Labute approximate surface area is 234 Å². The third-order valence-electron chi connectivity index (χ3n) is 6.42. The van der Waals surface area contributed by atoms with Crippen molar-refractivity contribution in [3.05, 3.63) is 84.6 Å². The zero-order valence-corrected chi connectivity index (χ0v) is 23.3. The van der Waals surface area contributed by atoms with E-state index in [9.17, 15) is 9.59 Å². The fourth-order valence-corrected chi connectivity index (χ4v) is 4.35. The van der Waals surface area contributed by atoms with Crippen molar-refractivity contribution in [1.29, 1.82) is 0 Å². The van der Waals surface area contributed by atoms with Gasteiger partial charge in [-0.05, 0) is 55.3 Å². The van der Waals surface area contributed by atoms with Crippen LogP contribution in [0.4, 0.5) is 16.3 Å². The minimum atomic E-state index is -0.361. The highest BCUT2D eigenvalue weighted by Gasteiger charge is 2.23. The Balaban J connectivity index is 1.62. The number of unbranched alkanes of at least 4 members (excludes halogenated alkanes) is 1. The predicted molar refractivity (Wildman–Crippen MR) is 157 cm³/mol. The first-order valence-corrected chi connectivity index (χ1v) is 13.2. The summed E-state index contributed by atoms with van der Waals surface area (Å²) in [6, 6.07) is 24.0. The van der Waals surface area contributed by atoms with E-state index in [1.807, 2.05) is 68.4 Å². The zero-order chi connectivity index (χ0) is 28.5. The Hall–Kier alpha value is -4.79. The second kappa shape index (κ2) is 13.3. The van der Waals surface area contributed by atoms with Crippen LogP contribution in [-0.4, -0.2) is 53.9 Å². The number of amides is 3. The maximum atomic E-state index is 13.5. The van der Waals surface area contributed by atoms with Crippen molar-refractivity contribution in [3.8, 4) is 28.3 Å². The molecule has 0 bridgehead atoms. The van der Waals surface area contributed by atoms with Gasteiger partial charge in [-0.3, -0.25) is 4.79 Å². The summed E-state index contributed by atoms with van der Waals surface area (Å²) in [6.07, 6.45) is 1.64. The van der Waals surface area contributed by atoms with Gasteiger partial charge in [0.25, 0.3) is 0 Å². The largest absolute Gasteiger partial charge is 0.497 e. The van der Waals surface area contributed by atoms with Gasteiger partial charge in [-0.25, -0.2) is 9.48 Å². The third kappa shape index (κ3) is 6.79. The average Bonchev–Trinajstić information content (AvgIpc) is 3.30. The molecule has 4 aromatic rings. The van der Waals surface area contributed by atoms with Gasteiger partial charge in [0.15, 0.2) is 0 Å². The second-order valence-electron chi connectivity index (χ2n) is 9.27. The van der Waals surface area contributed by atoms with Crippen LogP contribution in [0.5, 0.6) is 11.5 Å². The lowest BCUT2D eigenvalue weighted by molar-refractivity contribution is -0.116. The molecule has 40 heavy (non-hydrogen) atoms. The number of methoxy groups -OCH3 is 2. The topological polar surface area (TPSA) is 97.7 Å². The normalized spacial score (nSPS) is 10.6. The number of hydrogen-bond acceptors (Lipinski definition) is 5. The van der Waals surface area contributed by atoms with Gasteiger partial charge >= 0.3 is 6.03 Å². The van der Waals surface area contributed by atoms with Gasteiger partial charge in [0, 0.05) is 23.9 Å². The Morgan fingerprint density at radius 3 is 2.30 bits per heavy atom. The lowest BCUT2D eigenvalue weighted by Gasteiger charge is -2.23. The molecule has 0 unspecified atom stereocenters. The number of nitrogens with zero attached hydrogens (tertiary/aromatic N) is 3. The molecule has 0 saturated heterocycles. The molecule has 4 rings (SSSR count). The van der Waals surface area contributed by atoms with E-state index >= 15 is 0 Å². The van der Waals surface area contributed by atoms with Crippen molar-refractivity contribution in [1.82, 2.24) is 14.7 Å². The third-order valence-corrected chi connectivity index (χ3v) is 6.42. The number of ether oxygens (including phenoxy) is 2. The molecule has 0 aliphatic heterocycles. The first kappa shape index (κ1) is 28.2. The van der Waals surface area contributed by atoms with Gasteiger partial charge in [-0.1, -0.05) is 49.7 Å². The maximum absolute atomic E-state index is 13.5. The number of benzene rings is 3. The highest BCUT2D eigenvalue weighted by atomic mass is 16.5. The van der Waals surface area contributed by atoms with E-state index in [0.717, 1.165) is 41.1 Å². The van der Waals surface area contributed by atoms with Gasteiger partial charge in [-0.15, -0.1) is 0 Å². The van der Waals surface area contributed by atoms with Crippen molar-refractivity contribution in [2.75, 3.05) is 37.9 Å². The highest BCUT2D eigenvalue weighted by molar-refractivity contribution is 5.99. The van der Waals surface area contributed by atoms with Gasteiger partial charge in [0.2, 0.25) is 5.91 Å². The van der Waals surface area contributed by atoms with E-state index in [0.29, 0.717) is 23.8 Å². The minimum Gasteiger partial charge on any atom is -0.497 e. The van der Waals surface area contributed by atoms with Crippen molar-refractivity contribution in [2.45, 2.75) is 26.7 Å². The van der Waals surface area contributed by atoms with Gasteiger partial charge in [-0.2, -0.15) is 5.10 Å². The van der Waals surface area contributed by atoms with Crippen LogP contribution in [0.2, 0.25) is 0 Å². The monoisotopic (exact) mass is 541 g/mol. The molecule has 0 atom stereocenters. The molecule has 0 aliphatic rings. The lowest BCUT2D eigenvalue weighted by atomic mass is 10.1. The summed E-state index contributed by atoms with van der Waals surface area (Å²) in [5.74, 6) is 1.55. The summed E-state index contributed by atoms with van der Waals surface area (Å²) in [5.41, 5.74) is 3.85. The number of urea groups is 1. The molecule has 1 aromatic heterocycles. The number of aromatic nitrogens is 2. The minimum absolute atomic E-state index is 0.128. The van der Waals surface area contributed by atoms with E-state index in [-0.39, 0.29) is 18.5 Å². The molecule has 9 nitrogen and oxygen atoms in total. The quantitative estimate of drug-likeness (QED) is 0.238. The molecule has 208 valence electrons. The van der Waals surface area contributed by atoms with Gasteiger partial charge in [0.05, 0.1) is 25.6 Å². The molecule has 0 saturated carbocycles. The molecule has 2 N–H and O–H groups in total. The molecule has 3 aromatic carbocycles. The van der Waals surface area contributed by atoms with Gasteiger partial charge < -0.3 is 25.0 Å². The first-order valence-electron chi connectivity index (χ1n) is 13.2. The van der Waals surface area contributed by atoms with Crippen LogP contribution in [0.15, 0.2) is 78.9 Å². The molecule has 0 fully saturated rings. The summed E-state index contributed by atoms with van der Waals surface area (Å²) < 4.78 is 12.3. The summed E-state index contributed by atoms with van der Waals surface area (Å²) in [5, 5.41) is 10.7. The Kier molecular flexibility index (Phi) is 9.40. The summed E-state index contributed by atoms with van der Waals surface area (Å²) in [4.78, 5) is 28.2. The summed E-state index contributed by atoms with van der Waals surface area (Å²) in [6.45, 7) is 4.26. The van der Waals surface area contributed by atoms with Crippen molar-refractivity contribution in [3.63, 3.8) is 0 Å². The highest BCUT2D eigenvalue weighted by Crippen LogP contribution is 2.33. The van der Waals surface area contributed by atoms with Crippen LogP contribution in [0.25, 0.3) is 16.8 Å². The number of carbonyl (C=O) groups is 2. The van der Waals surface area contributed by atoms with Crippen LogP contribution in [0.3, 0.4) is 0 Å². The molecule has 0 radical (unpaired) electrons. The standard InChI is InChI=1S/C31H35N5O4/c1-5-6-19-35(31(38)32-24-13-10-14-27(20-24)40-4)21-28(37)33-30-29(23-11-8-7-9-12-23)22(2)34-36(30)25-15-17-26(39-3)18-16-25/h7-18,20H,5-6,19,21H2,1-4H3,(H,32,38)(H,33,37). The summed E-state index contributed by atoms with van der Waals surface area (Å²) >= 11 is 0. The van der Waals surface area contributed by atoms with E-state index in [1.165, 1.54) is 4.90 Å². The number of carbonyl (C=O) groups excluding carboxylic acids is 2. The van der Waals surface area contributed by atoms with Crippen molar-refractivity contribution >= 4 is 23.4 Å². The van der Waals surface area contributed by atoms with Crippen LogP contribution in [0.1, 0.15) is 25.5 Å². The lowest BCUT2D eigenvalue weighted by Crippen LogP contribution is -2.41. The Morgan fingerprint density at radius 1 is 0.900 bits per heavy atom.